The van der Waals surface area contributed by atoms with Crippen LogP contribution in [0.25, 0.3) is 0 Å². The average Bonchev–Trinajstić information content (AvgIpc) is 3.41. The average molecular weight is 377 g/mol. The van der Waals surface area contributed by atoms with E-state index in [4.69, 9.17) is 23.2 Å². The van der Waals surface area contributed by atoms with Crippen molar-refractivity contribution < 1.29 is 4.79 Å². The Kier molecular flexibility index (Phi) is 4.41. The number of hydrogen-bond donors (Lipinski definition) is 1. The van der Waals surface area contributed by atoms with E-state index in [1.54, 1.807) is 6.21 Å². The molecule has 0 aliphatic heterocycles. The van der Waals surface area contributed by atoms with Crippen molar-refractivity contribution in [2.45, 2.75) is 41.9 Å². The highest BCUT2D eigenvalue weighted by Crippen LogP contribution is 2.63. The summed E-state index contributed by atoms with van der Waals surface area (Å²) in [5, 5.41) is 4.23. The molecule has 3 aliphatic carbocycles. The summed E-state index contributed by atoms with van der Waals surface area (Å²) < 4.78 is -0.863. The molecule has 5 heteroatoms. The number of nitrogens with zero attached hydrogens (tertiary/aromatic N) is 1. The molecule has 0 radical (unpaired) electrons. The lowest BCUT2D eigenvalue weighted by Crippen LogP contribution is -2.24. The van der Waals surface area contributed by atoms with Crippen LogP contribution in [0.3, 0.4) is 0 Å². The van der Waals surface area contributed by atoms with Crippen LogP contribution in [-0.2, 0) is 10.2 Å². The second kappa shape index (κ2) is 6.44. The predicted octanol–water partition coefficient (Wildman–Crippen LogP) is 4.60. The monoisotopic (exact) mass is 376 g/mol. The fourth-order valence-corrected chi connectivity index (χ4v) is 5.02. The van der Waals surface area contributed by atoms with Gasteiger partial charge in [-0.05, 0) is 49.5 Å². The highest BCUT2D eigenvalue weighted by atomic mass is 35.5. The number of nitrogens with one attached hydrogen (secondary N) is 1. The number of amides is 1. The number of halogens is 2. The van der Waals surface area contributed by atoms with Gasteiger partial charge in [0.25, 0.3) is 0 Å². The number of allylic oxidation sites excluding steroid dienone is 2. The SMILES string of the molecule is O=C(N/N=C\[C@]1(c2ccccc2)CC1(Cl)Cl)C1[C@H]2CC/C=C\CC[C@@H]12. The Morgan fingerprint density at radius 3 is 2.28 bits per heavy atom. The van der Waals surface area contributed by atoms with E-state index in [2.05, 4.69) is 22.7 Å². The van der Waals surface area contributed by atoms with Gasteiger partial charge >= 0.3 is 0 Å². The van der Waals surface area contributed by atoms with Crippen LogP contribution in [-0.4, -0.2) is 16.5 Å². The molecule has 0 spiro atoms. The number of fused-ring (bicyclic) bond motifs is 1. The molecular formula is C20H22Cl2N2O. The Morgan fingerprint density at radius 2 is 1.72 bits per heavy atom. The molecule has 1 N–H and O–H groups in total. The van der Waals surface area contributed by atoms with E-state index in [0.717, 1.165) is 31.2 Å². The zero-order chi connectivity index (χ0) is 17.5. The minimum absolute atomic E-state index is 0.0340. The molecule has 1 amide bonds. The Morgan fingerprint density at radius 1 is 1.12 bits per heavy atom. The summed E-state index contributed by atoms with van der Waals surface area (Å²) in [6.45, 7) is 0. The molecule has 0 heterocycles. The van der Waals surface area contributed by atoms with Crippen molar-refractivity contribution in [2.75, 3.05) is 0 Å². The number of hydrazone groups is 1. The lowest BCUT2D eigenvalue weighted by atomic mass is 9.97. The number of carbonyl (C=O) groups is 1. The standard InChI is InChI=1S/C20H22Cl2N2O/c21-20(22)12-19(20,14-8-4-3-5-9-14)13-23-24-18(25)17-15-10-6-1-2-7-11-16(15)17/h1-5,8-9,13,15-17H,6-7,10-12H2,(H,24,25)/b2-1-,23-13-/t15-,16+,17?,19-/m0/s1. The molecule has 1 aromatic rings. The van der Waals surface area contributed by atoms with E-state index in [1.807, 2.05) is 30.3 Å². The molecule has 2 fully saturated rings. The zero-order valence-corrected chi connectivity index (χ0v) is 15.5. The van der Waals surface area contributed by atoms with Crippen molar-refractivity contribution in [2.24, 2.45) is 22.9 Å². The molecule has 0 aromatic heterocycles. The molecule has 0 saturated heterocycles. The van der Waals surface area contributed by atoms with Gasteiger partial charge in [-0.25, -0.2) is 5.43 Å². The normalized spacial score (nSPS) is 36.8. The van der Waals surface area contributed by atoms with Crippen molar-refractivity contribution in [3.05, 3.63) is 48.0 Å². The fourth-order valence-electron chi connectivity index (χ4n) is 4.28. The maximum atomic E-state index is 12.5. The van der Waals surface area contributed by atoms with Crippen LogP contribution < -0.4 is 5.43 Å². The van der Waals surface area contributed by atoms with Gasteiger partial charge in [-0.15, -0.1) is 23.2 Å². The molecule has 3 aliphatic rings. The molecule has 4 atom stereocenters. The molecule has 1 unspecified atom stereocenters. The van der Waals surface area contributed by atoms with E-state index < -0.39 is 9.75 Å². The summed E-state index contributed by atoms with van der Waals surface area (Å²) >= 11 is 12.8. The van der Waals surface area contributed by atoms with Gasteiger partial charge < -0.3 is 0 Å². The number of alkyl halides is 2. The van der Waals surface area contributed by atoms with Crippen molar-refractivity contribution >= 4 is 35.3 Å². The maximum absolute atomic E-state index is 12.5. The van der Waals surface area contributed by atoms with Gasteiger partial charge in [0.15, 0.2) is 0 Å². The van der Waals surface area contributed by atoms with Crippen molar-refractivity contribution in [1.82, 2.24) is 5.43 Å². The highest BCUT2D eigenvalue weighted by molar-refractivity contribution is 6.53. The molecular weight excluding hydrogens is 355 g/mol. The fraction of sp³-hybridized carbons (Fsp3) is 0.500. The van der Waals surface area contributed by atoms with Gasteiger partial charge in [-0.1, -0.05) is 42.5 Å². The second-order valence-electron chi connectivity index (χ2n) is 7.43. The molecule has 4 rings (SSSR count). The zero-order valence-electron chi connectivity index (χ0n) is 14.0. The summed E-state index contributed by atoms with van der Waals surface area (Å²) in [5.74, 6) is 1.18. The van der Waals surface area contributed by atoms with Gasteiger partial charge in [-0.2, -0.15) is 5.10 Å². The molecule has 132 valence electrons. The second-order valence-corrected chi connectivity index (χ2v) is 8.92. The van der Waals surface area contributed by atoms with Crippen molar-refractivity contribution in [3.8, 4) is 0 Å². The molecule has 2 saturated carbocycles. The Hall–Kier alpha value is -1.32. The Bertz CT molecular complexity index is 700. The summed E-state index contributed by atoms with van der Waals surface area (Å²) in [6, 6.07) is 9.87. The number of carbonyl (C=O) groups excluding carboxylic acids is 1. The number of hydrogen-bond acceptors (Lipinski definition) is 2. The first kappa shape index (κ1) is 17.1. The van der Waals surface area contributed by atoms with Crippen LogP contribution in [0.15, 0.2) is 47.6 Å². The first-order chi connectivity index (χ1) is 12.1. The highest BCUT2D eigenvalue weighted by Gasteiger charge is 2.66. The van der Waals surface area contributed by atoms with Crippen LogP contribution in [0.5, 0.6) is 0 Å². The maximum Gasteiger partial charge on any atom is 0.243 e. The first-order valence-electron chi connectivity index (χ1n) is 8.98. The van der Waals surface area contributed by atoms with Gasteiger partial charge in [-0.3, -0.25) is 4.79 Å². The van der Waals surface area contributed by atoms with Crippen molar-refractivity contribution in [1.29, 1.82) is 0 Å². The third kappa shape index (κ3) is 3.13. The molecule has 0 bridgehead atoms. The van der Waals surface area contributed by atoms with Crippen LogP contribution in [0, 0.1) is 17.8 Å². The third-order valence-corrected chi connectivity index (χ3v) is 6.85. The van der Waals surface area contributed by atoms with E-state index in [1.165, 1.54) is 0 Å². The summed E-state index contributed by atoms with van der Waals surface area (Å²) in [6.07, 6.45) is 11.1. The van der Waals surface area contributed by atoms with E-state index in [9.17, 15) is 4.79 Å². The van der Waals surface area contributed by atoms with Gasteiger partial charge in [0.05, 0.1) is 5.41 Å². The summed E-state index contributed by atoms with van der Waals surface area (Å²) in [5.41, 5.74) is 3.25. The molecule has 3 nitrogen and oxygen atoms in total. The quantitative estimate of drug-likeness (QED) is 0.354. The van der Waals surface area contributed by atoms with Gasteiger partial charge in [0, 0.05) is 12.1 Å². The smallest absolute Gasteiger partial charge is 0.243 e. The topological polar surface area (TPSA) is 41.5 Å². The Balaban J connectivity index is 1.40. The van der Waals surface area contributed by atoms with Gasteiger partial charge in [0.2, 0.25) is 5.91 Å². The number of benzene rings is 1. The lowest BCUT2D eigenvalue weighted by Gasteiger charge is -2.13. The summed E-state index contributed by atoms with van der Waals surface area (Å²) in [7, 11) is 0. The minimum Gasteiger partial charge on any atom is -0.273 e. The Labute approximate surface area is 158 Å². The predicted molar refractivity (Wildman–Crippen MR) is 102 cm³/mol. The third-order valence-electron chi connectivity index (χ3n) is 5.91. The lowest BCUT2D eigenvalue weighted by molar-refractivity contribution is -0.122. The largest absolute Gasteiger partial charge is 0.273 e. The summed E-state index contributed by atoms with van der Waals surface area (Å²) in [4.78, 5) is 12.5. The van der Waals surface area contributed by atoms with E-state index in [-0.39, 0.29) is 11.8 Å². The minimum atomic E-state index is -0.863. The molecule has 25 heavy (non-hydrogen) atoms. The van der Waals surface area contributed by atoms with Crippen LogP contribution in [0.1, 0.15) is 37.7 Å². The first-order valence-corrected chi connectivity index (χ1v) is 9.73. The van der Waals surface area contributed by atoms with Crippen LogP contribution in [0.2, 0.25) is 0 Å². The van der Waals surface area contributed by atoms with E-state index >= 15 is 0 Å². The van der Waals surface area contributed by atoms with E-state index in [0.29, 0.717) is 18.3 Å². The van der Waals surface area contributed by atoms with Crippen LogP contribution >= 0.6 is 23.2 Å². The van der Waals surface area contributed by atoms with Crippen molar-refractivity contribution in [3.63, 3.8) is 0 Å². The van der Waals surface area contributed by atoms with Gasteiger partial charge in [0.1, 0.15) is 4.33 Å². The number of rotatable bonds is 4. The molecule has 1 aromatic carbocycles. The van der Waals surface area contributed by atoms with Crippen LogP contribution in [0.4, 0.5) is 0 Å².